The number of hydrogen-bond donors (Lipinski definition) is 1. The van der Waals surface area contributed by atoms with Gasteiger partial charge in [-0.1, -0.05) is 17.7 Å². The van der Waals surface area contributed by atoms with Crippen LogP contribution in [0.1, 0.15) is 34.8 Å². The first kappa shape index (κ1) is 24.2. The van der Waals surface area contributed by atoms with Gasteiger partial charge in [-0.25, -0.2) is 4.68 Å². The number of benzene rings is 1. The lowest BCUT2D eigenvalue weighted by Gasteiger charge is -2.35. The maximum Gasteiger partial charge on any atom is 0.222 e. The lowest BCUT2D eigenvalue weighted by Crippen LogP contribution is -2.48. The van der Waals surface area contributed by atoms with E-state index in [-0.39, 0.29) is 11.7 Å². The summed E-state index contributed by atoms with van der Waals surface area (Å²) in [6.45, 7) is 9.59. The van der Waals surface area contributed by atoms with Crippen LogP contribution < -0.4 is 0 Å². The molecule has 1 fully saturated rings. The van der Waals surface area contributed by atoms with E-state index in [1.165, 1.54) is 0 Å². The highest BCUT2D eigenvalue weighted by Gasteiger charge is 2.22. The van der Waals surface area contributed by atoms with Crippen molar-refractivity contribution in [2.45, 2.75) is 40.2 Å². The number of aryl methyl sites for hydroxylation is 2. The van der Waals surface area contributed by atoms with Crippen molar-refractivity contribution in [3.63, 3.8) is 0 Å². The van der Waals surface area contributed by atoms with E-state index in [9.17, 15) is 9.90 Å². The summed E-state index contributed by atoms with van der Waals surface area (Å²) in [5, 5.41) is 27.4. The Morgan fingerprint density at radius 1 is 1.03 bits per heavy atom. The minimum Gasteiger partial charge on any atom is -0.506 e. The average molecular weight is 509 g/mol. The van der Waals surface area contributed by atoms with E-state index < -0.39 is 0 Å². The van der Waals surface area contributed by atoms with Crippen LogP contribution in [0.15, 0.2) is 30.3 Å². The van der Waals surface area contributed by atoms with E-state index in [0.29, 0.717) is 48.2 Å². The van der Waals surface area contributed by atoms with E-state index in [0.717, 1.165) is 42.1 Å². The van der Waals surface area contributed by atoms with Crippen molar-refractivity contribution in [3.8, 4) is 11.6 Å². The monoisotopic (exact) mass is 508 g/mol. The summed E-state index contributed by atoms with van der Waals surface area (Å²) in [4.78, 5) is 17.2. The van der Waals surface area contributed by atoms with Crippen molar-refractivity contribution >= 4 is 23.2 Å². The fourth-order valence-electron chi connectivity index (χ4n) is 4.71. The maximum absolute atomic E-state index is 13.0. The summed E-state index contributed by atoms with van der Waals surface area (Å²) < 4.78 is 3.52. The van der Waals surface area contributed by atoms with Gasteiger partial charge in [0.15, 0.2) is 17.3 Å². The van der Waals surface area contributed by atoms with Crippen LogP contribution in [0, 0.1) is 20.8 Å². The third-order valence-corrected chi connectivity index (χ3v) is 7.10. The number of aromatic nitrogens is 6. The normalized spacial score (nSPS) is 14.6. The molecule has 0 bridgehead atoms. The average Bonchev–Trinajstić information content (AvgIpc) is 3.38. The fourth-order valence-corrected chi connectivity index (χ4v) is 4.91. The third kappa shape index (κ3) is 4.78. The summed E-state index contributed by atoms with van der Waals surface area (Å²) in [6, 6.07) is 9.04. The van der Waals surface area contributed by atoms with E-state index in [4.69, 9.17) is 16.7 Å². The van der Waals surface area contributed by atoms with E-state index in [1.807, 2.05) is 48.6 Å². The number of fused-ring (bicyclic) bond motifs is 1. The second-order valence-electron chi connectivity index (χ2n) is 9.21. The number of halogens is 1. The van der Waals surface area contributed by atoms with Gasteiger partial charge in [0.25, 0.3) is 0 Å². The molecule has 188 valence electrons. The Balaban J connectivity index is 1.18. The Kier molecular flexibility index (Phi) is 6.63. The quantitative estimate of drug-likeness (QED) is 0.427. The number of piperazine rings is 1. The molecule has 0 spiro atoms. The molecule has 3 aromatic heterocycles. The Morgan fingerprint density at radius 3 is 2.56 bits per heavy atom. The summed E-state index contributed by atoms with van der Waals surface area (Å²) >= 11 is 6.03. The molecular formula is C25H29ClN8O2. The van der Waals surface area contributed by atoms with Crippen molar-refractivity contribution in [3.05, 3.63) is 63.7 Å². The number of carbonyl (C=O) groups excluding carboxylic acids is 1. The van der Waals surface area contributed by atoms with Gasteiger partial charge in [-0.2, -0.15) is 9.61 Å². The molecule has 1 aromatic carbocycles. The second-order valence-corrected chi connectivity index (χ2v) is 9.62. The molecule has 0 unspecified atom stereocenters. The highest BCUT2D eigenvalue weighted by molar-refractivity contribution is 6.32. The summed E-state index contributed by atoms with van der Waals surface area (Å²) in [5.41, 5.74) is 4.70. The van der Waals surface area contributed by atoms with E-state index >= 15 is 0 Å². The van der Waals surface area contributed by atoms with Gasteiger partial charge in [0.05, 0.1) is 10.7 Å². The summed E-state index contributed by atoms with van der Waals surface area (Å²) in [6.07, 6.45) is 1.08. The number of amides is 1. The molecule has 5 rings (SSSR count). The van der Waals surface area contributed by atoms with E-state index in [2.05, 4.69) is 20.2 Å². The number of nitrogens with zero attached hydrogens (tertiary/aromatic N) is 8. The minimum atomic E-state index is 0.0924. The van der Waals surface area contributed by atoms with Crippen LogP contribution in [-0.4, -0.2) is 76.6 Å². The largest absolute Gasteiger partial charge is 0.506 e. The van der Waals surface area contributed by atoms with Crippen LogP contribution in [0.3, 0.4) is 0 Å². The smallest absolute Gasteiger partial charge is 0.222 e. The lowest BCUT2D eigenvalue weighted by molar-refractivity contribution is -0.133. The van der Waals surface area contributed by atoms with Crippen molar-refractivity contribution in [2.24, 2.45) is 0 Å². The Hall–Kier alpha value is -3.50. The van der Waals surface area contributed by atoms with Gasteiger partial charge in [0, 0.05) is 44.8 Å². The topological polar surface area (TPSA) is 105 Å². The third-order valence-electron chi connectivity index (χ3n) is 6.79. The zero-order chi connectivity index (χ0) is 25.4. The van der Waals surface area contributed by atoms with Gasteiger partial charge in [0.2, 0.25) is 5.91 Å². The number of phenols is 1. The predicted molar refractivity (Wildman–Crippen MR) is 135 cm³/mol. The molecule has 4 heterocycles. The van der Waals surface area contributed by atoms with E-state index in [1.54, 1.807) is 16.6 Å². The zero-order valence-corrected chi connectivity index (χ0v) is 21.4. The highest BCUT2D eigenvalue weighted by atomic mass is 35.5. The molecule has 0 atom stereocenters. The minimum absolute atomic E-state index is 0.0924. The molecule has 0 radical (unpaired) electrons. The maximum atomic E-state index is 13.0. The number of aromatic hydroxyl groups is 1. The molecule has 0 aliphatic carbocycles. The summed E-state index contributed by atoms with van der Waals surface area (Å²) in [7, 11) is 0. The number of phenolic OH excluding ortho intramolecular Hbond substituents is 1. The number of carbonyl (C=O) groups is 1. The molecular weight excluding hydrogens is 480 g/mol. The van der Waals surface area contributed by atoms with Gasteiger partial charge in [-0.3, -0.25) is 9.69 Å². The van der Waals surface area contributed by atoms with Crippen LogP contribution in [0.25, 0.3) is 11.5 Å². The number of hydrogen-bond acceptors (Lipinski definition) is 7. The fraction of sp³-hybridized carbons (Fsp3) is 0.400. The van der Waals surface area contributed by atoms with Crippen molar-refractivity contribution < 1.29 is 9.90 Å². The molecule has 1 amide bonds. The van der Waals surface area contributed by atoms with Gasteiger partial charge in [0.1, 0.15) is 5.75 Å². The Morgan fingerprint density at radius 2 is 1.81 bits per heavy atom. The van der Waals surface area contributed by atoms with Crippen molar-refractivity contribution in [1.82, 2.24) is 39.4 Å². The lowest BCUT2D eigenvalue weighted by atomic mass is 10.1. The summed E-state index contributed by atoms with van der Waals surface area (Å²) in [5.74, 6) is 1.66. The van der Waals surface area contributed by atoms with Crippen LogP contribution in [0.2, 0.25) is 5.02 Å². The standard InChI is InChI=1S/C25H29ClN8O2/c1-16-20(17(2)33(29-16)24-8-7-23-28-27-18(3)34(23)30-24)5-9-25(36)32-12-10-31(11-13-32)15-19-4-6-22(35)21(26)14-19/h4,6-8,14,35H,5,9-13,15H2,1-3H3. The van der Waals surface area contributed by atoms with Gasteiger partial charge in [-0.15, -0.1) is 15.3 Å². The Bertz CT molecular complexity index is 1420. The zero-order valence-electron chi connectivity index (χ0n) is 20.6. The molecule has 11 heteroatoms. The van der Waals surface area contributed by atoms with Crippen molar-refractivity contribution in [2.75, 3.05) is 26.2 Å². The highest BCUT2D eigenvalue weighted by Crippen LogP contribution is 2.25. The first-order valence-corrected chi connectivity index (χ1v) is 12.4. The molecule has 1 saturated heterocycles. The molecule has 1 aliphatic rings. The Labute approximate surface area is 214 Å². The molecule has 10 nitrogen and oxygen atoms in total. The molecule has 4 aromatic rings. The number of rotatable bonds is 6. The van der Waals surface area contributed by atoms with Gasteiger partial charge < -0.3 is 10.0 Å². The second kappa shape index (κ2) is 9.87. The predicted octanol–water partition coefficient (Wildman–Crippen LogP) is 2.87. The molecule has 36 heavy (non-hydrogen) atoms. The van der Waals surface area contributed by atoms with Crippen molar-refractivity contribution in [1.29, 1.82) is 0 Å². The van der Waals surface area contributed by atoms with Gasteiger partial charge >= 0.3 is 0 Å². The van der Waals surface area contributed by atoms with Crippen LogP contribution in [0.5, 0.6) is 5.75 Å². The first-order valence-electron chi connectivity index (χ1n) is 12.0. The SMILES string of the molecule is Cc1nn(-c2ccc3nnc(C)n3n2)c(C)c1CCC(=O)N1CCN(Cc2ccc(O)c(Cl)c2)CC1. The van der Waals surface area contributed by atoms with Crippen LogP contribution >= 0.6 is 11.6 Å². The van der Waals surface area contributed by atoms with Crippen LogP contribution in [0.4, 0.5) is 0 Å². The molecule has 0 saturated carbocycles. The first-order chi connectivity index (χ1) is 17.3. The van der Waals surface area contributed by atoms with Crippen LogP contribution in [-0.2, 0) is 17.8 Å². The molecule has 1 aliphatic heterocycles. The van der Waals surface area contributed by atoms with Gasteiger partial charge in [-0.05, 0) is 62.6 Å². The molecule has 1 N–H and O–H groups in total.